The minimum atomic E-state index is -1.38. The second-order valence-corrected chi connectivity index (χ2v) is 14.9. The second-order valence-electron chi connectivity index (χ2n) is 14.9. The van der Waals surface area contributed by atoms with Crippen molar-refractivity contribution in [1.82, 2.24) is 0 Å². The molecule has 362 valence electrons. The number of unbranched alkanes of at least 4 members (excludes halogenated alkanes) is 9. The molecule has 0 N–H and O–H groups in total. The average Bonchev–Trinajstić information content (AvgIpc) is 3.33. The molecule has 0 radical (unpaired) electrons. The Labute approximate surface area is 385 Å². The van der Waals surface area contributed by atoms with E-state index in [1.807, 2.05) is 0 Å². The molecule has 0 amide bonds. The fraction of sp³-hybridized carbons (Fsp3) is 0.500. The molecule has 0 aliphatic carbocycles. The normalized spacial score (nSPS) is 10.5. The summed E-state index contributed by atoms with van der Waals surface area (Å²) in [6.45, 7) is 6.88. The third-order valence-electron chi connectivity index (χ3n) is 9.56. The van der Waals surface area contributed by atoms with Crippen molar-refractivity contribution >= 4 is 36.4 Å². The number of benzene rings is 3. The van der Waals surface area contributed by atoms with Crippen LogP contribution in [0.4, 0.5) is 14.4 Å². The molecule has 0 aromatic heterocycles. The molecule has 0 saturated heterocycles. The van der Waals surface area contributed by atoms with Gasteiger partial charge in [0.05, 0.1) is 56.3 Å². The van der Waals surface area contributed by atoms with E-state index in [1.165, 1.54) is 36.4 Å². The molecule has 18 nitrogen and oxygen atoms in total. The summed E-state index contributed by atoms with van der Waals surface area (Å²) in [7, 11) is 0. The van der Waals surface area contributed by atoms with E-state index in [2.05, 4.69) is 50.1 Å². The molecular weight excluding hydrogens is 865 g/mol. The van der Waals surface area contributed by atoms with E-state index in [0.717, 1.165) is 77.0 Å². The Hall–Kier alpha value is -6.72. The van der Waals surface area contributed by atoms with Crippen LogP contribution in [0.2, 0.25) is 0 Å². The molecule has 0 fully saturated rings. The first kappa shape index (κ1) is 53.6. The SMILES string of the molecule is CCCCCCOc1ccc(C(=O)OOC(=O)OCCC(CCOC(=O)OOC(=O)c2ccc(OCCCCCC)cc2)COC(=O)OOC(=O)c2ccc(OCCCCCC)cc2)cc1. The third kappa shape index (κ3) is 23.3. The smallest absolute Gasteiger partial charge is 0.494 e. The highest BCUT2D eigenvalue weighted by Gasteiger charge is 2.21. The summed E-state index contributed by atoms with van der Waals surface area (Å²) in [5, 5.41) is 0. The van der Waals surface area contributed by atoms with Crippen LogP contribution in [-0.4, -0.2) is 76.0 Å². The molecule has 18 heteroatoms. The van der Waals surface area contributed by atoms with Crippen molar-refractivity contribution in [3.05, 3.63) is 89.5 Å². The van der Waals surface area contributed by atoms with Crippen molar-refractivity contribution in [1.29, 1.82) is 0 Å². The fourth-order valence-electron chi connectivity index (χ4n) is 5.77. The monoisotopic (exact) mass is 926 g/mol. The van der Waals surface area contributed by atoms with Crippen molar-refractivity contribution in [3.63, 3.8) is 0 Å². The van der Waals surface area contributed by atoms with Gasteiger partial charge in [0, 0.05) is 0 Å². The molecule has 0 heterocycles. The summed E-state index contributed by atoms with van der Waals surface area (Å²) in [4.78, 5) is 101. The van der Waals surface area contributed by atoms with E-state index in [1.54, 1.807) is 36.4 Å². The van der Waals surface area contributed by atoms with Crippen LogP contribution >= 0.6 is 0 Å². The van der Waals surface area contributed by atoms with E-state index < -0.39 is 48.9 Å². The van der Waals surface area contributed by atoms with Gasteiger partial charge >= 0.3 is 36.4 Å². The maximum Gasteiger partial charge on any atom is 0.549 e. The summed E-state index contributed by atoms with van der Waals surface area (Å²) >= 11 is 0. The number of hydrogen-bond acceptors (Lipinski definition) is 18. The van der Waals surface area contributed by atoms with Crippen molar-refractivity contribution < 1.29 is 86.5 Å². The van der Waals surface area contributed by atoms with Crippen molar-refractivity contribution in [3.8, 4) is 17.2 Å². The molecule has 3 rings (SSSR count). The highest BCUT2D eigenvalue weighted by atomic mass is 17.2. The van der Waals surface area contributed by atoms with Gasteiger partial charge in [0.25, 0.3) is 0 Å². The molecule has 0 aliphatic rings. The van der Waals surface area contributed by atoms with Crippen LogP contribution in [0.25, 0.3) is 0 Å². The highest BCUT2D eigenvalue weighted by molar-refractivity contribution is 5.90. The summed E-state index contributed by atoms with van der Waals surface area (Å²) in [6, 6.07) is 18.2. The van der Waals surface area contributed by atoms with Crippen LogP contribution in [0.5, 0.6) is 17.2 Å². The minimum Gasteiger partial charge on any atom is -0.494 e. The van der Waals surface area contributed by atoms with Gasteiger partial charge in [0.15, 0.2) is 0 Å². The number of carbonyl (C=O) groups excluding carboxylic acids is 6. The number of carbonyl (C=O) groups is 6. The first-order valence-corrected chi connectivity index (χ1v) is 22.5. The van der Waals surface area contributed by atoms with Gasteiger partial charge in [-0.15, -0.1) is 0 Å². The molecule has 0 bridgehead atoms. The molecule has 3 aromatic rings. The van der Waals surface area contributed by atoms with Crippen LogP contribution in [0.1, 0.15) is 142 Å². The Morgan fingerprint density at radius 1 is 0.364 bits per heavy atom. The summed E-state index contributed by atoms with van der Waals surface area (Å²) < 4.78 is 32.1. The van der Waals surface area contributed by atoms with Gasteiger partial charge in [-0.3, -0.25) is 0 Å². The number of hydrogen-bond donors (Lipinski definition) is 0. The molecule has 66 heavy (non-hydrogen) atoms. The second kappa shape index (κ2) is 32.9. The van der Waals surface area contributed by atoms with E-state index in [0.29, 0.717) is 37.1 Å². The van der Waals surface area contributed by atoms with Crippen LogP contribution in [0, 0.1) is 5.92 Å². The van der Waals surface area contributed by atoms with Gasteiger partial charge in [0.1, 0.15) is 17.2 Å². The summed E-state index contributed by atoms with van der Waals surface area (Å²) in [5.41, 5.74) is 0.260. The zero-order valence-electron chi connectivity index (χ0n) is 38.0. The van der Waals surface area contributed by atoms with Gasteiger partial charge in [0.2, 0.25) is 0 Å². The average molecular weight is 927 g/mol. The van der Waals surface area contributed by atoms with Crippen LogP contribution in [0.15, 0.2) is 72.8 Å². The lowest BCUT2D eigenvalue weighted by molar-refractivity contribution is -0.206. The van der Waals surface area contributed by atoms with Gasteiger partial charge in [-0.05, 0) is 111 Å². The van der Waals surface area contributed by atoms with Crippen molar-refractivity contribution in [2.24, 2.45) is 5.92 Å². The van der Waals surface area contributed by atoms with E-state index in [4.69, 9.17) is 28.4 Å². The highest BCUT2D eigenvalue weighted by Crippen LogP contribution is 2.18. The lowest BCUT2D eigenvalue weighted by atomic mass is 10.0. The van der Waals surface area contributed by atoms with Crippen LogP contribution in [0.3, 0.4) is 0 Å². The summed E-state index contributed by atoms with van der Waals surface area (Å²) in [6.07, 6.45) is 8.47. The Morgan fingerprint density at radius 3 is 0.970 bits per heavy atom. The van der Waals surface area contributed by atoms with Crippen molar-refractivity contribution in [2.75, 3.05) is 39.6 Å². The Kier molecular flexibility index (Phi) is 26.7. The molecule has 0 saturated carbocycles. The fourth-order valence-corrected chi connectivity index (χ4v) is 5.77. The molecule has 3 aromatic carbocycles. The number of rotatable bonds is 29. The molecule has 0 spiro atoms. The number of ether oxygens (including phenoxy) is 6. The molecular formula is C48H62O18. The predicted molar refractivity (Wildman–Crippen MR) is 235 cm³/mol. The zero-order chi connectivity index (χ0) is 47.6. The zero-order valence-corrected chi connectivity index (χ0v) is 38.0. The lowest BCUT2D eigenvalue weighted by Gasteiger charge is -2.16. The third-order valence-corrected chi connectivity index (χ3v) is 9.56. The standard InChI is InChI=1S/C48H62O18/c1-4-7-10-13-30-55-40-22-16-37(17-23-40)43(49)61-64-46(52)58-33-28-36(35-60-48(54)66-63-45(51)39-20-26-42(27-21-39)57-32-15-12-9-6-3)29-34-59-47(53)65-62-44(50)38-18-24-41(25-19-38)56-31-14-11-8-5-2/h16-27,36H,4-15,28-35H2,1-3H3. The maximum atomic E-state index is 12.5. The Bertz CT molecular complexity index is 1770. The van der Waals surface area contributed by atoms with Gasteiger partial charge < -0.3 is 28.4 Å². The molecule has 0 atom stereocenters. The predicted octanol–water partition coefficient (Wildman–Crippen LogP) is 11.0. The first-order valence-electron chi connectivity index (χ1n) is 22.5. The first-order chi connectivity index (χ1) is 32.1. The molecule has 0 aliphatic heterocycles. The van der Waals surface area contributed by atoms with Gasteiger partial charge in [-0.25, -0.2) is 43.7 Å². The Balaban J connectivity index is 1.45. The van der Waals surface area contributed by atoms with E-state index in [-0.39, 0.29) is 42.7 Å². The minimum absolute atomic E-state index is 0.0190. The lowest BCUT2D eigenvalue weighted by Crippen LogP contribution is -2.21. The topological polar surface area (TPSA) is 213 Å². The molecule has 0 unspecified atom stereocenters. The van der Waals surface area contributed by atoms with E-state index >= 15 is 0 Å². The largest absolute Gasteiger partial charge is 0.549 e. The van der Waals surface area contributed by atoms with Gasteiger partial charge in [-0.2, -0.15) is 14.4 Å². The Morgan fingerprint density at radius 2 is 0.667 bits per heavy atom. The van der Waals surface area contributed by atoms with E-state index in [9.17, 15) is 28.8 Å². The summed E-state index contributed by atoms with van der Waals surface area (Å²) in [5.74, 6) is -1.89. The van der Waals surface area contributed by atoms with Crippen LogP contribution < -0.4 is 14.2 Å². The van der Waals surface area contributed by atoms with Crippen molar-refractivity contribution in [2.45, 2.75) is 111 Å². The maximum absolute atomic E-state index is 12.5. The van der Waals surface area contributed by atoms with Gasteiger partial charge in [-0.1, -0.05) is 78.6 Å². The van der Waals surface area contributed by atoms with Crippen LogP contribution in [-0.2, 0) is 43.5 Å². The quantitative estimate of drug-likeness (QED) is 0.0208.